The van der Waals surface area contributed by atoms with Crippen LogP contribution in [0, 0.1) is 11.8 Å². The average molecular weight is 239 g/mol. The first-order valence-corrected chi connectivity index (χ1v) is 7.35. The largest absolute Gasteiger partial charge is 0.330 e. The van der Waals surface area contributed by atoms with Gasteiger partial charge in [-0.2, -0.15) is 0 Å². The van der Waals surface area contributed by atoms with Gasteiger partial charge in [0.1, 0.15) is 0 Å². The van der Waals surface area contributed by atoms with Gasteiger partial charge in [-0.25, -0.2) is 0 Å². The van der Waals surface area contributed by atoms with E-state index in [1.807, 2.05) is 0 Å². The fourth-order valence-corrected chi connectivity index (χ4v) is 3.40. The van der Waals surface area contributed by atoms with E-state index in [4.69, 9.17) is 5.73 Å². The first-order valence-electron chi connectivity index (χ1n) is 7.35. The van der Waals surface area contributed by atoms with Crippen LogP contribution in [-0.4, -0.2) is 55.1 Å². The predicted octanol–water partition coefficient (Wildman–Crippen LogP) is 1.39. The Balaban J connectivity index is 1.81. The van der Waals surface area contributed by atoms with E-state index in [1.54, 1.807) is 0 Å². The predicted molar refractivity (Wildman–Crippen MR) is 73.0 cm³/mol. The minimum atomic E-state index is 0.760. The van der Waals surface area contributed by atoms with Crippen molar-refractivity contribution in [2.24, 2.45) is 17.6 Å². The molecule has 0 aromatic rings. The second-order valence-electron chi connectivity index (χ2n) is 6.33. The number of hydrogen-bond donors (Lipinski definition) is 1. The van der Waals surface area contributed by atoms with E-state index in [1.165, 1.54) is 52.0 Å². The van der Waals surface area contributed by atoms with Gasteiger partial charge in [-0.1, -0.05) is 13.8 Å². The summed E-state index contributed by atoms with van der Waals surface area (Å²) in [6, 6.07) is 0.805. The van der Waals surface area contributed by atoms with Crippen LogP contribution in [0.1, 0.15) is 33.1 Å². The molecule has 2 saturated heterocycles. The molecule has 0 aliphatic carbocycles. The molecule has 2 aliphatic rings. The monoisotopic (exact) mass is 239 g/mol. The summed E-state index contributed by atoms with van der Waals surface area (Å²) in [5.41, 5.74) is 5.78. The van der Waals surface area contributed by atoms with Gasteiger partial charge in [0, 0.05) is 25.7 Å². The summed E-state index contributed by atoms with van der Waals surface area (Å²) < 4.78 is 0. The summed E-state index contributed by atoms with van der Waals surface area (Å²) in [4.78, 5) is 5.36. The molecule has 2 unspecified atom stereocenters. The molecule has 2 aliphatic heterocycles. The number of rotatable bonds is 4. The first kappa shape index (κ1) is 13.3. The molecule has 0 spiro atoms. The standard InChI is InChI=1S/C14H29N3/c1-12(2)9-16-6-3-4-14(11-16)17-7-5-13(8-15)10-17/h12-14H,3-11,15H2,1-2H3. The molecule has 0 aromatic heterocycles. The van der Waals surface area contributed by atoms with Gasteiger partial charge in [0.25, 0.3) is 0 Å². The Morgan fingerprint density at radius 1 is 1.18 bits per heavy atom. The highest BCUT2D eigenvalue weighted by molar-refractivity contribution is 4.86. The Bertz CT molecular complexity index is 230. The third-order valence-corrected chi connectivity index (χ3v) is 4.27. The summed E-state index contributed by atoms with van der Waals surface area (Å²) in [5.74, 6) is 1.56. The molecule has 2 fully saturated rings. The van der Waals surface area contributed by atoms with Crippen LogP contribution in [0.25, 0.3) is 0 Å². The van der Waals surface area contributed by atoms with Crippen molar-refractivity contribution in [1.82, 2.24) is 9.80 Å². The van der Waals surface area contributed by atoms with Gasteiger partial charge in [-0.15, -0.1) is 0 Å². The molecular weight excluding hydrogens is 210 g/mol. The lowest BCUT2D eigenvalue weighted by atomic mass is 10.0. The van der Waals surface area contributed by atoms with Gasteiger partial charge in [-0.05, 0) is 50.7 Å². The van der Waals surface area contributed by atoms with Crippen LogP contribution < -0.4 is 5.73 Å². The van der Waals surface area contributed by atoms with Crippen LogP contribution >= 0.6 is 0 Å². The molecule has 2 rings (SSSR count). The maximum atomic E-state index is 5.78. The molecule has 0 aromatic carbocycles. The first-order chi connectivity index (χ1) is 8.19. The van der Waals surface area contributed by atoms with Crippen LogP contribution in [0.5, 0.6) is 0 Å². The van der Waals surface area contributed by atoms with E-state index in [9.17, 15) is 0 Å². The molecule has 100 valence electrons. The van der Waals surface area contributed by atoms with Crippen molar-refractivity contribution in [1.29, 1.82) is 0 Å². The lowest BCUT2D eigenvalue weighted by molar-refractivity contribution is 0.104. The van der Waals surface area contributed by atoms with Gasteiger partial charge in [0.2, 0.25) is 0 Å². The number of likely N-dealkylation sites (tertiary alicyclic amines) is 2. The number of hydrogen-bond acceptors (Lipinski definition) is 3. The smallest absolute Gasteiger partial charge is 0.0223 e. The van der Waals surface area contributed by atoms with E-state index < -0.39 is 0 Å². The van der Waals surface area contributed by atoms with E-state index in [-0.39, 0.29) is 0 Å². The minimum absolute atomic E-state index is 0.760. The molecule has 0 radical (unpaired) electrons. The SMILES string of the molecule is CC(C)CN1CCCC(N2CCC(CN)C2)C1. The van der Waals surface area contributed by atoms with Gasteiger partial charge in [0.05, 0.1) is 0 Å². The topological polar surface area (TPSA) is 32.5 Å². The van der Waals surface area contributed by atoms with E-state index in [0.717, 1.165) is 24.4 Å². The minimum Gasteiger partial charge on any atom is -0.330 e. The average Bonchev–Trinajstić information content (AvgIpc) is 2.77. The fraction of sp³-hybridized carbons (Fsp3) is 1.00. The van der Waals surface area contributed by atoms with Gasteiger partial charge >= 0.3 is 0 Å². The summed E-state index contributed by atoms with van der Waals surface area (Å²) in [6.45, 7) is 11.9. The van der Waals surface area contributed by atoms with Crippen molar-refractivity contribution < 1.29 is 0 Å². The molecule has 2 atom stereocenters. The third kappa shape index (κ3) is 3.67. The van der Waals surface area contributed by atoms with Crippen molar-refractivity contribution in [3.63, 3.8) is 0 Å². The van der Waals surface area contributed by atoms with Crippen LogP contribution in [0.3, 0.4) is 0 Å². The molecule has 17 heavy (non-hydrogen) atoms. The van der Waals surface area contributed by atoms with Crippen molar-refractivity contribution in [3.8, 4) is 0 Å². The highest BCUT2D eigenvalue weighted by Gasteiger charge is 2.30. The Labute approximate surface area is 106 Å². The zero-order chi connectivity index (χ0) is 12.3. The van der Waals surface area contributed by atoms with Crippen LogP contribution in [0.15, 0.2) is 0 Å². The van der Waals surface area contributed by atoms with Crippen molar-refractivity contribution in [2.75, 3.05) is 39.3 Å². The Morgan fingerprint density at radius 2 is 2.00 bits per heavy atom. The van der Waals surface area contributed by atoms with Crippen molar-refractivity contribution in [2.45, 2.75) is 39.2 Å². The molecule has 2 N–H and O–H groups in total. The molecule has 0 saturated carbocycles. The quantitative estimate of drug-likeness (QED) is 0.804. The van der Waals surface area contributed by atoms with Crippen LogP contribution in [0.2, 0.25) is 0 Å². The van der Waals surface area contributed by atoms with E-state index in [0.29, 0.717) is 0 Å². The maximum Gasteiger partial charge on any atom is 0.0223 e. The second kappa shape index (κ2) is 6.17. The summed E-state index contributed by atoms with van der Waals surface area (Å²) in [6.07, 6.45) is 4.09. The summed E-state index contributed by atoms with van der Waals surface area (Å²) in [5, 5.41) is 0. The van der Waals surface area contributed by atoms with Crippen LogP contribution in [-0.2, 0) is 0 Å². The summed E-state index contributed by atoms with van der Waals surface area (Å²) >= 11 is 0. The molecule has 3 nitrogen and oxygen atoms in total. The molecule has 0 amide bonds. The molecular formula is C14H29N3. The highest BCUT2D eigenvalue weighted by atomic mass is 15.2. The van der Waals surface area contributed by atoms with Gasteiger partial charge < -0.3 is 10.6 Å². The molecule has 3 heteroatoms. The zero-order valence-electron chi connectivity index (χ0n) is 11.6. The Hall–Kier alpha value is -0.120. The van der Waals surface area contributed by atoms with Crippen molar-refractivity contribution >= 4 is 0 Å². The van der Waals surface area contributed by atoms with Gasteiger partial charge in [0.15, 0.2) is 0 Å². The number of nitrogens with zero attached hydrogens (tertiary/aromatic N) is 2. The summed E-state index contributed by atoms with van der Waals surface area (Å²) in [7, 11) is 0. The molecule has 2 heterocycles. The fourth-order valence-electron chi connectivity index (χ4n) is 3.40. The number of piperidine rings is 1. The Morgan fingerprint density at radius 3 is 2.65 bits per heavy atom. The van der Waals surface area contributed by atoms with Crippen molar-refractivity contribution in [3.05, 3.63) is 0 Å². The molecule has 0 bridgehead atoms. The zero-order valence-corrected chi connectivity index (χ0v) is 11.6. The third-order valence-electron chi connectivity index (χ3n) is 4.27. The lowest BCUT2D eigenvalue weighted by Crippen LogP contribution is -2.48. The van der Waals surface area contributed by atoms with E-state index >= 15 is 0 Å². The normalized spacial score (nSPS) is 32.5. The maximum absolute atomic E-state index is 5.78. The Kier molecular flexibility index (Phi) is 4.83. The van der Waals surface area contributed by atoms with Crippen LogP contribution in [0.4, 0.5) is 0 Å². The second-order valence-corrected chi connectivity index (χ2v) is 6.33. The van der Waals surface area contributed by atoms with Gasteiger partial charge in [-0.3, -0.25) is 4.90 Å². The lowest BCUT2D eigenvalue weighted by Gasteiger charge is -2.38. The van der Waals surface area contributed by atoms with E-state index in [2.05, 4.69) is 23.6 Å². The number of nitrogens with two attached hydrogens (primary N) is 1. The highest BCUT2D eigenvalue weighted by Crippen LogP contribution is 2.23.